The number of nitrogens with zero attached hydrogens (tertiary/aromatic N) is 6. The highest BCUT2D eigenvalue weighted by Crippen LogP contribution is 2.40. The van der Waals surface area contributed by atoms with Crippen molar-refractivity contribution in [2.45, 2.75) is 19.8 Å². The van der Waals surface area contributed by atoms with Gasteiger partial charge in [-0.2, -0.15) is 5.10 Å². The maximum atomic E-state index is 12.8. The Labute approximate surface area is 204 Å². The summed E-state index contributed by atoms with van der Waals surface area (Å²) in [6, 6.07) is 8.68. The van der Waals surface area contributed by atoms with Crippen LogP contribution in [-0.4, -0.2) is 52.2 Å². The van der Waals surface area contributed by atoms with Crippen LogP contribution in [0.1, 0.15) is 17.5 Å². The third-order valence-electron chi connectivity index (χ3n) is 7.24. The van der Waals surface area contributed by atoms with E-state index in [1.807, 2.05) is 45.7 Å². The second-order valence-corrected chi connectivity index (χ2v) is 9.54. The fourth-order valence-electron chi connectivity index (χ4n) is 5.36. The lowest BCUT2D eigenvalue weighted by Crippen LogP contribution is -2.36. The Morgan fingerprint density at radius 3 is 2.57 bits per heavy atom. The third kappa shape index (κ3) is 3.78. The molecule has 3 aromatic heterocycles. The average Bonchev–Trinajstić information content (AvgIpc) is 3.33. The molecule has 0 saturated carbocycles. The van der Waals surface area contributed by atoms with Crippen LogP contribution < -0.4 is 15.4 Å². The van der Waals surface area contributed by atoms with Gasteiger partial charge < -0.3 is 19.1 Å². The summed E-state index contributed by atoms with van der Waals surface area (Å²) in [7, 11) is 3.79. The standard InChI is InChI=1S/C27H30N6O2/c1-18-11-22-24(31(3)27(18)34)13-21(32-7-9-35-10-8-32)14-25(22)33-6-4-5-19-12-23(28-16-26(19)33)20-15-29-30(2)17-20/h11-17H,4-10H2,1-3H3. The molecule has 2 aliphatic rings. The third-order valence-corrected chi connectivity index (χ3v) is 7.24. The van der Waals surface area contributed by atoms with E-state index in [2.05, 4.69) is 33.1 Å². The van der Waals surface area contributed by atoms with Crippen molar-refractivity contribution in [2.24, 2.45) is 14.1 Å². The molecule has 0 bridgehead atoms. The lowest BCUT2D eigenvalue weighted by molar-refractivity contribution is 0.122. The summed E-state index contributed by atoms with van der Waals surface area (Å²) >= 11 is 0. The van der Waals surface area contributed by atoms with Gasteiger partial charge in [0.2, 0.25) is 0 Å². The first-order valence-electron chi connectivity index (χ1n) is 12.2. The summed E-state index contributed by atoms with van der Waals surface area (Å²) in [6.45, 7) is 5.92. The van der Waals surface area contributed by atoms with Gasteiger partial charge >= 0.3 is 0 Å². The molecule has 0 atom stereocenters. The molecule has 6 rings (SSSR count). The molecule has 2 aliphatic heterocycles. The number of aryl methyl sites for hydroxylation is 4. The average molecular weight is 471 g/mol. The first-order chi connectivity index (χ1) is 17.0. The molecule has 1 saturated heterocycles. The van der Waals surface area contributed by atoms with Crippen LogP contribution in [0.4, 0.5) is 17.1 Å². The first kappa shape index (κ1) is 21.9. The number of benzene rings is 1. The maximum absolute atomic E-state index is 12.8. The van der Waals surface area contributed by atoms with Crippen molar-refractivity contribution in [3.05, 3.63) is 64.3 Å². The van der Waals surface area contributed by atoms with Crippen molar-refractivity contribution in [1.82, 2.24) is 19.3 Å². The number of morpholine rings is 1. The van der Waals surface area contributed by atoms with Crippen LogP contribution in [0.15, 0.2) is 47.7 Å². The molecule has 35 heavy (non-hydrogen) atoms. The van der Waals surface area contributed by atoms with Gasteiger partial charge in [0.15, 0.2) is 0 Å². The monoisotopic (exact) mass is 470 g/mol. The predicted octanol–water partition coefficient (Wildman–Crippen LogP) is 3.56. The molecule has 8 nitrogen and oxygen atoms in total. The second kappa shape index (κ2) is 8.53. The number of fused-ring (bicyclic) bond motifs is 2. The Morgan fingerprint density at radius 2 is 1.80 bits per heavy atom. The predicted molar refractivity (Wildman–Crippen MR) is 139 cm³/mol. The Hall–Kier alpha value is -3.65. The maximum Gasteiger partial charge on any atom is 0.253 e. The fourth-order valence-corrected chi connectivity index (χ4v) is 5.36. The van der Waals surface area contributed by atoms with Crippen LogP contribution in [0.25, 0.3) is 22.2 Å². The van der Waals surface area contributed by atoms with E-state index in [9.17, 15) is 4.79 Å². The summed E-state index contributed by atoms with van der Waals surface area (Å²) in [5.74, 6) is 0. The van der Waals surface area contributed by atoms with E-state index in [-0.39, 0.29) is 5.56 Å². The van der Waals surface area contributed by atoms with Crippen molar-refractivity contribution in [1.29, 1.82) is 0 Å². The summed E-state index contributed by atoms with van der Waals surface area (Å²) in [6.07, 6.45) is 7.92. The second-order valence-electron chi connectivity index (χ2n) is 9.54. The van der Waals surface area contributed by atoms with E-state index in [0.29, 0.717) is 13.2 Å². The zero-order valence-electron chi connectivity index (χ0n) is 20.5. The zero-order valence-corrected chi connectivity index (χ0v) is 20.5. The van der Waals surface area contributed by atoms with E-state index in [0.717, 1.165) is 77.3 Å². The molecule has 0 spiro atoms. The number of aromatic nitrogens is 4. The number of rotatable bonds is 3. The van der Waals surface area contributed by atoms with Gasteiger partial charge in [0.05, 0.1) is 48.2 Å². The van der Waals surface area contributed by atoms with Crippen LogP contribution in [0, 0.1) is 6.92 Å². The van der Waals surface area contributed by atoms with Crippen molar-refractivity contribution in [2.75, 3.05) is 42.6 Å². The smallest absolute Gasteiger partial charge is 0.253 e. The fraction of sp³-hybridized carbons (Fsp3) is 0.370. The van der Waals surface area contributed by atoms with Gasteiger partial charge in [0.1, 0.15) is 0 Å². The molecule has 0 aliphatic carbocycles. The molecule has 180 valence electrons. The summed E-state index contributed by atoms with van der Waals surface area (Å²) in [5.41, 5.74) is 8.40. The molecule has 4 aromatic rings. The van der Waals surface area contributed by atoms with Crippen LogP contribution in [0.2, 0.25) is 0 Å². The lowest BCUT2D eigenvalue weighted by atomic mass is 9.99. The molecule has 0 amide bonds. The number of ether oxygens (including phenoxy) is 1. The van der Waals surface area contributed by atoms with E-state index < -0.39 is 0 Å². The van der Waals surface area contributed by atoms with E-state index >= 15 is 0 Å². The lowest BCUT2D eigenvalue weighted by Gasteiger charge is -2.34. The topological polar surface area (TPSA) is 68.4 Å². The minimum atomic E-state index is 0.0457. The molecular weight excluding hydrogens is 440 g/mol. The Balaban J connectivity index is 1.52. The quantitative estimate of drug-likeness (QED) is 0.456. The van der Waals surface area contributed by atoms with Crippen LogP contribution in [-0.2, 0) is 25.3 Å². The highest BCUT2D eigenvalue weighted by atomic mass is 16.5. The zero-order chi connectivity index (χ0) is 24.1. The van der Waals surface area contributed by atoms with Gasteiger partial charge in [-0.05, 0) is 49.6 Å². The summed E-state index contributed by atoms with van der Waals surface area (Å²) < 4.78 is 9.18. The largest absolute Gasteiger partial charge is 0.378 e. The summed E-state index contributed by atoms with van der Waals surface area (Å²) in [4.78, 5) is 22.4. The van der Waals surface area contributed by atoms with Crippen molar-refractivity contribution in [3.8, 4) is 11.3 Å². The van der Waals surface area contributed by atoms with Gasteiger partial charge in [-0.1, -0.05) is 0 Å². The molecule has 1 fully saturated rings. The Morgan fingerprint density at radius 1 is 0.971 bits per heavy atom. The minimum absolute atomic E-state index is 0.0457. The minimum Gasteiger partial charge on any atom is -0.378 e. The van der Waals surface area contributed by atoms with Crippen molar-refractivity contribution < 1.29 is 4.74 Å². The molecule has 8 heteroatoms. The first-order valence-corrected chi connectivity index (χ1v) is 12.2. The normalized spacial score (nSPS) is 16.1. The Bertz CT molecular complexity index is 1480. The molecule has 1 aromatic carbocycles. The summed E-state index contributed by atoms with van der Waals surface area (Å²) in [5, 5.41) is 5.39. The van der Waals surface area contributed by atoms with Gasteiger partial charge in [-0.15, -0.1) is 0 Å². The SMILES string of the molecule is Cc1cc2c(N3CCCc4cc(-c5cnn(C)c5)ncc43)cc(N3CCOCC3)cc2n(C)c1=O. The van der Waals surface area contributed by atoms with Gasteiger partial charge in [0.25, 0.3) is 5.56 Å². The van der Waals surface area contributed by atoms with E-state index in [1.165, 1.54) is 5.56 Å². The van der Waals surface area contributed by atoms with Gasteiger partial charge in [0, 0.05) is 62.1 Å². The molecular formula is C27H30N6O2. The van der Waals surface area contributed by atoms with E-state index in [4.69, 9.17) is 9.72 Å². The molecule has 0 radical (unpaired) electrons. The number of hydrogen-bond acceptors (Lipinski definition) is 6. The molecule has 5 heterocycles. The molecule has 0 N–H and O–H groups in total. The van der Waals surface area contributed by atoms with E-state index in [1.54, 1.807) is 9.25 Å². The van der Waals surface area contributed by atoms with Crippen LogP contribution in [0.3, 0.4) is 0 Å². The number of hydrogen-bond donors (Lipinski definition) is 0. The van der Waals surface area contributed by atoms with Gasteiger partial charge in [-0.25, -0.2) is 0 Å². The number of anilines is 3. The Kier molecular flexibility index (Phi) is 5.33. The van der Waals surface area contributed by atoms with Crippen molar-refractivity contribution >= 4 is 28.0 Å². The number of pyridine rings is 2. The van der Waals surface area contributed by atoms with Crippen LogP contribution >= 0.6 is 0 Å². The highest BCUT2D eigenvalue weighted by molar-refractivity contribution is 5.98. The van der Waals surface area contributed by atoms with Gasteiger partial charge in [-0.3, -0.25) is 14.5 Å². The van der Waals surface area contributed by atoms with Crippen LogP contribution in [0.5, 0.6) is 0 Å². The highest BCUT2D eigenvalue weighted by Gasteiger charge is 2.24. The molecule has 0 unspecified atom stereocenters. The van der Waals surface area contributed by atoms with Crippen molar-refractivity contribution in [3.63, 3.8) is 0 Å².